The van der Waals surface area contributed by atoms with E-state index < -0.39 is 0 Å². The summed E-state index contributed by atoms with van der Waals surface area (Å²) in [5.41, 5.74) is 0. The SMILES string of the molecule is CCC(C)SCc1noc([C@H]2C[C@H](O)CN2)n1. The predicted octanol–water partition coefficient (Wildman–Crippen LogP) is 1.50. The molecule has 0 saturated carbocycles. The first-order chi connectivity index (χ1) is 8.19. The Kier molecular flexibility index (Phi) is 4.42. The van der Waals surface area contributed by atoms with Gasteiger partial charge in [-0.05, 0) is 12.8 Å². The number of nitrogens with zero attached hydrogens (tertiary/aromatic N) is 2. The topological polar surface area (TPSA) is 71.2 Å². The van der Waals surface area contributed by atoms with Crippen molar-refractivity contribution in [3.63, 3.8) is 0 Å². The van der Waals surface area contributed by atoms with E-state index in [4.69, 9.17) is 4.52 Å². The van der Waals surface area contributed by atoms with E-state index in [1.54, 1.807) is 0 Å². The van der Waals surface area contributed by atoms with Crippen LogP contribution in [0, 0.1) is 0 Å². The van der Waals surface area contributed by atoms with Gasteiger partial charge in [-0.3, -0.25) is 0 Å². The largest absolute Gasteiger partial charge is 0.392 e. The third-order valence-electron chi connectivity index (χ3n) is 2.96. The highest BCUT2D eigenvalue weighted by atomic mass is 32.2. The van der Waals surface area contributed by atoms with Gasteiger partial charge in [0.05, 0.1) is 17.9 Å². The van der Waals surface area contributed by atoms with Crippen LogP contribution in [0.2, 0.25) is 0 Å². The molecule has 5 nitrogen and oxygen atoms in total. The molecule has 1 aliphatic heterocycles. The van der Waals surface area contributed by atoms with Gasteiger partial charge < -0.3 is 14.9 Å². The second-order valence-corrected chi connectivity index (χ2v) is 5.86. The highest BCUT2D eigenvalue weighted by molar-refractivity contribution is 7.99. The lowest BCUT2D eigenvalue weighted by molar-refractivity contribution is 0.191. The zero-order valence-corrected chi connectivity index (χ0v) is 11.0. The van der Waals surface area contributed by atoms with E-state index in [1.165, 1.54) is 0 Å². The van der Waals surface area contributed by atoms with Crippen LogP contribution in [0.1, 0.15) is 44.4 Å². The third-order valence-corrected chi connectivity index (χ3v) is 4.29. The van der Waals surface area contributed by atoms with E-state index in [2.05, 4.69) is 29.3 Å². The maximum Gasteiger partial charge on any atom is 0.243 e. The molecule has 0 bridgehead atoms. The second-order valence-electron chi connectivity index (χ2n) is 4.43. The molecule has 0 amide bonds. The Morgan fingerprint density at radius 3 is 3.12 bits per heavy atom. The van der Waals surface area contributed by atoms with Gasteiger partial charge in [0.25, 0.3) is 0 Å². The minimum absolute atomic E-state index is 0.0137. The summed E-state index contributed by atoms with van der Waals surface area (Å²) in [4.78, 5) is 4.36. The summed E-state index contributed by atoms with van der Waals surface area (Å²) < 4.78 is 5.21. The number of rotatable bonds is 5. The van der Waals surface area contributed by atoms with Crippen molar-refractivity contribution in [1.29, 1.82) is 0 Å². The highest BCUT2D eigenvalue weighted by Gasteiger charge is 2.28. The maximum absolute atomic E-state index is 9.42. The summed E-state index contributed by atoms with van der Waals surface area (Å²) in [6, 6.07) is 0.0137. The molecule has 2 heterocycles. The first-order valence-corrected chi connectivity index (χ1v) is 7.09. The molecule has 17 heavy (non-hydrogen) atoms. The number of hydrogen-bond donors (Lipinski definition) is 2. The van der Waals surface area contributed by atoms with E-state index in [0.29, 0.717) is 24.1 Å². The summed E-state index contributed by atoms with van der Waals surface area (Å²) in [6.45, 7) is 4.97. The summed E-state index contributed by atoms with van der Waals surface area (Å²) in [7, 11) is 0. The fourth-order valence-electron chi connectivity index (χ4n) is 1.71. The van der Waals surface area contributed by atoms with Crippen molar-refractivity contribution < 1.29 is 9.63 Å². The number of thioether (sulfide) groups is 1. The molecule has 1 unspecified atom stereocenters. The van der Waals surface area contributed by atoms with E-state index in [9.17, 15) is 5.11 Å². The van der Waals surface area contributed by atoms with Gasteiger partial charge in [-0.2, -0.15) is 16.7 Å². The smallest absolute Gasteiger partial charge is 0.243 e. The van der Waals surface area contributed by atoms with Gasteiger partial charge in [0.1, 0.15) is 0 Å². The van der Waals surface area contributed by atoms with Crippen LogP contribution in [0.15, 0.2) is 4.52 Å². The van der Waals surface area contributed by atoms with Crippen LogP contribution in [-0.4, -0.2) is 33.1 Å². The number of nitrogens with one attached hydrogen (secondary N) is 1. The minimum atomic E-state index is -0.301. The maximum atomic E-state index is 9.42. The number of aromatic nitrogens is 2. The zero-order chi connectivity index (χ0) is 12.3. The molecule has 1 fully saturated rings. The molecule has 2 N–H and O–H groups in total. The van der Waals surface area contributed by atoms with Crippen molar-refractivity contribution in [1.82, 2.24) is 15.5 Å². The monoisotopic (exact) mass is 257 g/mol. The molecule has 0 radical (unpaired) electrons. The summed E-state index contributed by atoms with van der Waals surface area (Å²) >= 11 is 1.83. The first kappa shape index (κ1) is 12.9. The Hall–Kier alpha value is -0.590. The van der Waals surface area contributed by atoms with Gasteiger partial charge in [0.15, 0.2) is 5.82 Å². The average molecular weight is 257 g/mol. The van der Waals surface area contributed by atoms with E-state index in [-0.39, 0.29) is 12.1 Å². The van der Waals surface area contributed by atoms with Crippen molar-refractivity contribution in [3.8, 4) is 0 Å². The molecule has 1 aromatic heterocycles. The number of hydrogen-bond acceptors (Lipinski definition) is 6. The lowest BCUT2D eigenvalue weighted by Gasteiger charge is -2.04. The third kappa shape index (κ3) is 3.43. The Bertz CT molecular complexity index is 358. The van der Waals surface area contributed by atoms with Gasteiger partial charge in [0, 0.05) is 11.8 Å². The fraction of sp³-hybridized carbons (Fsp3) is 0.818. The lowest BCUT2D eigenvalue weighted by Crippen LogP contribution is -2.15. The van der Waals surface area contributed by atoms with Crippen LogP contribution < -0.4 is 5.32 Å². The Morgan fingerprint density at radius 2 is 2.47 bits per heavy atom. The number of β-amino-alcohol motifs (C(OH)–C–C–N with tert-alkyl or cyclic N) is 1. The van der Waals surface area contributed by atoms with Crippen LogP contribution in [0.4, 0.5) is 0 Å². The predicted molar refractivity (Wildman–Crippen MR) is 66.7 cm³/mol. The molecule has 1 aliphatic rings. The molecule has 3 atom stereocenters. The quantitative estimate of drug-likeness (QED) is 0.833. The van der Waals surface area contributed by atoms with Gasteiger partial charge in [-0.15, -0.1) is 0 Å². The van der Waals surface area contributed by atoms with E-state index in [0.717, 1.165) is 18.0 Å². The van der Waals surface area contributed by atoms with E-state index >= 15 is 0 Å². The molecule has 6 heteroatoms. The van der Waals surface area contributed by atoms with Crippen LogP contribution in [-0.2, 0) is 5.75 Å². The molecule has 1 saturated heterocycles. The highest BCUT2D eigenvalue weighted by Crippen LogP contribution is 2.23. The number of aliphatic hydroxyl groups excluding tert-OH is 1. The Balaban J connectivity index is 1.87. The summed E-state index contributed by atoms with van der Waals surface area (Å²) in [6.07, 6.45) is 1.50. The van der Waals surface area contributed by atoms with Gasteiger partial charge in [-0.25, -0.2) is 0 Å². The summed E-state index contributed by atoms with van der Waals surface area (Å²) in [5, 5.41) is 17.2. The normalized spacial score (nSPS) is 26.3. The van der Waals surface area contributed by atoms with Crippen molar-refractivity contribution in [3.05, 3.63) is 11.7 Å². The molecule has 1 aromatic rings. The second kappa shape index (κ2) is 5.84. The Morgan fingerprint density at radius 1 is 1.65 bits per heavy atom. The lowest BCUT2D eigenvalue weighted by atomic mass is 10.2. The molecular weight excluding hydrogens is 238 g/mol. The molecule has 2 rings (SSSR count). The molecule has 0 spiro atoms. The van der Waals surface area contributed by atoms with Crippen LogP contribution in [0.5, 0.6) is 0 Å². The van der Waals surface area contributed by atoms with Crippen molar-refractivity contribution in [2.24, 2.45) is 0 Å². The van der Waals surface area contributed by atoms with Crippen molar-refractivity contribution in [2.75, 3.05) is 6.54 Å². The van der Waals surface area contributed by atoms with Crippen molar-refractivity contribution >= 4 is 11.8 Å². The van der Waals surface area contributed by atoms with Crippen LogP contribution in [0.25, 0.3) is 0 Å². The zero-order valence-electron chi connectivity index (χ0n) is 10.2. The molecule has 96 valence electrons. The van der Waals surface area contributed by atoms with Gasteiger partial charge in [-0.1, -0.05) is 19.0 Å². The fourth-order valence-corrected chi connectivity index (χ4v) is 2.49. The van der Waals surface area contributed by atoms with Crippen molar-refractivity contribution in [2.45, 2.75) is 49.8 Å². The minimum Gasteiger partial charge on any atom is -0.392 e. The molecule has 0 aromatic carbocycles. The van der Waals surface area contributed by atoms with Gasteiger partial charge >= 0.3 is 0 Å². The molecular formula is C11H19N3O2S. The number of aliphatic hydroxyl groups is 1. The molecule has 0 aliphatic carbocycles. The first-order valence-electron chi connectivity index (χ1n) is 6.04. The van der Waals surface area contributed by atoms with Crippen LogP contribution in [0.3, 0.4) is 0 Å². The van der Waals surface area contributed by atoms with E-state index in [1.807, 2.05) is 11.8 Å². The van der Waals surface area contributed by atoms with Crippen LogP contribution >= 0.6 is 11.8 Å². The Labute approximate surface area is 105 Å². The average Bonchev–Trinajstić information content (AvgIpc) is 2.94. The summed E-state index contributed by atoms with van der Waals surface area (Å²) in [5.74, 6) is 2.13. The van der Waals surface area contributed by atoms with Gasteiger partial charge in [0.2, 0.25) is 5.89 Å². The standard InChI is InChI=1S/C11H19N3O2S/c1-3-7(2)17-6-10-13-11(16-14-10)9-4-8(15)5-12-9/h7-9,12,15H,3-6H2,1-2H3/t7?,8-,9+/m0/s1.